The van der Waals surface area contributed by atoms with E-state index in [-0.39, 0.29) is 31.1 Å². The van der Waals surface area contributed by atoms with Gasteiger partial charge >= 0.3 is 5.97 Å². The zero-order valence-electron chi connectivity index (χ0n) is 11.1. The molecule has 0 aromatic heterocycles. The lowest BCUT2D eigenvalue weighted by molar-refractivity contribution is -0.150. The molecule has 0 radical (unpaired) electrons. The number of rotatable bonds is 7. The van der Waals surface area contributed by atoms with Crippen LogP contribution in [-0.4, -0.2) is 58.8 Å². The summed E-state index contributed by atoms with van der Waals surface area (Å²) in [5, 5.41) is 0. The molecule has 0 saturated heterocycles. The molecule has 1 atom stereocenters. The lowest BCUT2D eigenvalue weighted by Crippen LogP contribution is -2.42. The summed E-state index contributed by atoms with van der Waals surface area (Å²) in [6.07, 6.45) is 1.06. The largest absolute Gasteiger partial charge is 0.463 e. The second-order valence-corrected chi connectivity index (χ2v) is 6.32. The van der Waals surface area contributed by atoms with Crippen molar-refractivity contribution in [3.05, 3.63) is 0 Å². The van der Waals surface area contributed by atoms with Crippen molar-refractivity contribution in [2.45, 2.75) is 19.9 Å². The van der Waals surface area contributed by atoms with Crippen LogP contribution in [-0.2, 0) is 19.6 Å². The number of nitrogens with zero attached hydrogens (tertiary/aromatic N) is 1. The first-order chi connectivity index (χ1) is 7.65. The Bertz CT molecular complexity index is 330. The molecule has 0 aliphatic carbocycles. The van der Waals surface area contributed by atoms with Crippen LogP contribution in [0.2, 0.25) is 0 Å². The van der Waals surface area contributed by atoms with Crippen LogP contribution in [0.5, 0.6) is 0 Å². The van der Waals surface area contributed by atoms with Crippen molar-refractivity contribution in [3.8, 4) is 0 Å². The topological polar surface area (TPSA) is 75.7 Å². The number of carbonyl (C=O) groups is 1. The van der Waals surface area contributed by atoms with E-state index in [1.807, 2.05) is 13.8 Å². The number of nitrogens with one attached hydrogen (secondary N) is 1. The lowest BCUT2D eigenvalue weighted by atomic mass is 10.0. The molecule has 0 aromatic carbocycles. The molecular formula is C10H22N2O4S. The van der Waals surface area contributed by atoms with E-state index in [2.05, 4.69) is 4.72 Å². The van der Waals surface area contributed by atoms with Crippen LogP contribution in [0.4, 0.5) is 0 Å². The molecule has 0 aliphatic heterocycles. The molecule has 102 valence electrons. The molecule has 17 heavy (non-hydrogen) atoms. The first kappa shape index (κ1) is 16.3. The van der Waals surface area contributed by atoms with E-state index in [0.29, 0.717) is 0 Å². The number of ether oxygens (including phenoxy) is 1. The van der Waals surface area contributed by atoms with Crippen molar-refractivity contribution < 1.29 is 17.9 Å². The fraction of sp³-hybridized carbons (Fsp3) is 0.900. The molecule has 0 saturated carbocycles. The van der Waals surface area contributed by atoms with Crippen LogP contribution in [0, 0.1) is 5.92 Å². The fourth-order valence-corrected chi connectivity index (χ4v) is 2.00. The lowest BCUT2D eigenvalue weighted by Gasteiger charge is -2.25. The molecule has 1 N–H and O–H groups in total. The third-order valence-electron chi connectivity index (χ3n) is 2.14. The van der Waals surface area contributed by atoms with Crippen LogP contribution >= 0.6 is 0 Å². The second kappa shape index (κ2) is 6.93. The van der Waals surface area contributed by atoms with Gasteiger partial charge in [-0.1, -0.05) is 13.8 Å². The summed E-state index contributed by atoms with van der Waals surface area (Å²) in [6, 6.07) is -0.312. The zero-order chi connectivity index (χ0) is 13.6. The molecular weight excluding hydrogens is 244 g/mol. The average Bonchev–Trinajstić information content (AvgIpc) is 2.09. The van der Waals surface area contributed by atoms with Crippen molar-refractivity contribution in [2.75, 3.05) is 33.5 Å². The number of hydrogen-bond donors (Lipinski definition) is 1. The molecule has 0 fully saturated rings. The van der Waals surface area contributed by atoms with Crippen LogP contribution in [0.25, 0.3) is 0 Å². The predicted octanol–water partition coefficient (Wildman–Crippen LogP) is -0.335. The number of carbonyl (C=O) groups excluding carboxylic acids is 1. The Kier molecular flexibility index (Phi) is 6.66. The highest BCUT2D eigenvalue weighted by Gasteiger charge is 2.25. The Labute approximate surface area is 103 Å². The Morgan fingerprint density at radius 3 is 2.24 bits per heavy atom. The molecule has 7 heteroatoms. The second-order valence-electron chi connectivity index (χ2n) is 4.49. The van der Waals surface area contributed by atoms with Gasteiger partial charge in [0.15, 0.2) is 0 Å². The SMILES string of the molecule is CC(C)[C@H](C(=O)OCCNS(C)(=O)=O)N(C)C. The number of likely N-dealkylation sites (N-methyl/N-ethyl adjacent to an activating group) is 1. The highest BCUT2D eigenvalue weighted by Crippen LogP contribution is 2.09. The standard InChI is InChI=1S/C10H22N2O4S/c1-8(2)9(12(3)4)10(13)16-7-6-11-17(5,14)15/h8-9,11H,6-7H2,1-5H3/t9-/m1/s1. The van der Waals surface area contributed by atoms with Gasteiger partial charge in [0.05, 0.1) is 6.26 Å². The molecule has 0 aromatic rings. The minimum absolute atomic E-state index is 0.0446. The molecule has 0 amide bonds. The van der Waals surface area contributed by atoms with Crippen LogP contribution in [0.3, 0.4) is 0 Å². The van der Waals surface area contributed by atoms with Gasteiger partial charge in [0.2, 0.25) is 10.0 Å². The van der Waals surface area contributed by atoms with Gasteiger partial charge in [-0.2, -0.15) is 0 Å². The summed E-state index contributed by atoms with van der Waals surface area (Å²) in [5.74, 6) is -0.194. The number of sulfonamides is 1. The van der Waals surface area contributed by atoms with Gasteiger partial charge in [0.25, 0.3) is 0 Å². The third-order valence-corrected chi connectivity index (χ3v) is 2.87. The van der Waals surface area contributed by atoms with E-state index >= 15 is 0 Å². The summed E-state index contributed by atoms with van der Waals surface area (Å²) in [5.41, 5.74) is 0. The van der Waals surface area contributed by atoms with Crippen molar-refractivity contribution in [1.82, 2.24) is 9.62 Å². The minimum Gasteiger partial charge on any atom is -0.463 e. The van der Waals surface area contributed by atoms with Gasteiger partial charge in [-0.3, -0.25) is 9.69 Å². The predicted molar refractivity (Wildman–Crippen MR) is 66.1 cm³/mol. The molecule has 0 aliphatic rings. The zero-order valence-corrected chi connectivity index (χ0v) is 11.9. The van der Waals surface area contributed by atoms with Crippen molar-refractivity contribution in [3.63, 3.8) is 0 Å². The van der Waals surface area contributed by atoms with Crippen LogP contribution < -0.4 is 4.72 Å². The summed E-state index contributed by atoms with van der Waals surface area (Å²) in [4.78, 5) is 13.5. The Hall–Kier alpha value is -0.660. The van der Waals surface area contributed by atoms with E-state index in [1.54, 1.807) is 19.0 Å². The molecule has 6 nitrogen and oxygen atoms in total. The van der Waals surface area contributed by atoms with E-state index < -0.39 is 10.0 Å². The quantitative estimate of drug-likeness (QED) is 0.504. The van der Waals surface area contributed by atoms with Gasteiger partial charge < -0.3 is 4.74 Å². The molecule has 0 rings (SSSR count). The van der Waals surface area contributed by atoms with Gasteiger partial charge in [-0.15, -0.1) is 0 Å². The van der Waals surface area contributed by atoms with Gasteiger partial charge in [0, 0.05) is 6.54 Å². The normalized spacial score (nSPS) is 14.1. The van der Waals surface area contributed by atoms with E-state index in [9.17, 15) is 13.2 Å². The first-order valence-electron chi connectivity index (χ1n) is 5.43. The molecule has 0 unspecified atom stereocenters. The van der Waals surface area contributed by atoms with E-state index in [1.165, 1.54) is 0 Å². The summed E-state index contributed by atoms with van der Waals surface area (Å²) >= 11 is 0. The molecule has 0 heterocycles. The average molecular weight is 266 g/mol. The van der Waals surface area contributed by atoms with Crippen molar-refractivity contribution >= 4 is 16.0 Å². The minimum atomic E-state index is -3.23. The van der Waals surface area contributed by atoms with Crippen LogP contribution in [0.1, 0.15) is 13.8 Å². The maximum Gasteiger partial charge on any atom is 0.323 e. The van der Waals surface area contributed by atoms with Gasteiger partial charge in [-0.05, 0) is 20.0 Å². The maximum absolute atomic E-state index is 11.7. The highest BCUT2D eigenvalue weighted by atomic mass is 32.2. The number of esters is 1. The van der Waals surface area contributed by atoms with Crippen LogP contribution in [0.15, 0.2) is 0 Å². The van der Waals surface area contributed by atoms with E-state index in [4.69, 9.17) is 4.74 Å². The van der Waals surface area contributed by atoms with Crippen molar-refractivity contribution in [2.24, 2.45) is 5.92 Å². The fourth-order valence-electron chi connectivity index (χ4n) is 1.54. The van der Waals surface area contributed by atoms with Crippen molar-refractivity contribution in [1.29, 1.82) is 0 Å². The molecule has 0 bridgehead atoms. The number of hydrogen-bond acceptors (Lipinski definition) is 5. The highest BCUT2D eigenvalue weighted by molar-refractivity contribution is 7.88. The Morgan fingerprint density at radius 1 is 1.35 bits per heavy atom. The maximum atomic E-state index is 11.7. The summed E-state index contributed by atoms with van der Waals surface area (Å²) < 4.78 is 28.8. The van der Waals surface area contributed by atoms with Gasteiger partial charge in [0.1, 0.15) is 12.6 Å². The van der Waals surface area contributed by atoms with Gasteiger partial charge in [-0.25, -0.2) is 13.1 Å². The first-order valence-corrected chi connectivity index (χ1v) is 7.32. The van der Waals surface area contributed by atoms with E-state index in [0.717, 1.165) is 6.26 Å². The smallest absolute Gasteiger partial charge is 0.323 e. The summed E-state index contributed by atoms with van der Waals surface area (Å²) in [6.45, 7) is 4.01. The monoisotopic (exact) mass is 266 g/mol. The Balaban J connectivity index is 4.08. The third kappa shape index (κ3) is 7.30. The summed E-state index contributed by atoms with van der Waals surface area (Å²) in [7, 11) is 0.386. The molecule has 0 spiro atoms. The Morgan fingerprint density at radius 2 is 1.88 bits per heavy atom.